The van der Waals surface area contributed by atoms with Crippen molar-refractivity contribution in [1.82, 2.24) is 9.63 Å². The zero-order chi connectivity index (χ0) is 15.9. The summed E-state index contributed by atoms with van der Waals surface area (Å²) in [5, 5.41) is 2.16. The second kappa shape index (κ2) is 5.90. The number of piperidine rings is 1. The molecule has 0 spiro atoms. The topological polar surface area (TPSA) is 34.2 Å². The second-order valence-corrected chi connectivity index (χ2v) is 10.9. The van der Waals surface area contributed by atoms with Gasteiger partial charge in [-0.1, -0.05) is 0 Å². The first-order valence-electron chi connectivity index (χ1n) is 7.94. The zero-order valence-corrected chi connectivity index (χ0v) is 15.7. The van der Waals surface area contributed by atoms with Gasteiger partial charge in [0.1, 0.15) is 0 Å². The van der Waals surface area contributed by atoms with Crippen LogP contribution >= 0.6 is 0 Å². The van der Waals surface area contributed by atoms with E-state index < -0.39 is 8.72 Å². The van der Waals surface area contributed by atoms with Crippen LogP contribution in [-0.4, -0.2) is 63.3 Å². The molecular weight excluding hydrogens is 284 g/mol. The quantitative estimate of drug-likeness (QED) is 0.745. The normalized spacial score (nSPS) is 29.9. The maximum Gasteiger partial charge on any atom is 0.427 e. The molecule has 0 bridgehead atoms. The van der Waals surface area contributed by atoms with Gasteiger partial charge < -0.3 is 13.7 Å². The van der Waals surface area contributed by atoms with Gasteiger partial charge in [0, 0.05) is 37.4 Å². The van der Waals surface area contributed by atoms with E-state index in [0.29, 0.717) is 6.04 Å². The maximum absolute atomic E-state index is 5.90. The molecule has 0 atom stereocenters. The molecule has 0 unspecified atom stereocenters. The third-order valence-corrected chi connectivity index (χ3v) is 8.89. The van der Waals surface area contributed by atoms with Gasteiger partial charge in [0.2, 0.25) is 0 Å². The SMILES string of the molecule is CON1C(C)(C)CC(N2CCC[Si]2(OC)OC)CC1(C)C. The third kappa shape index (κ3) is 2.94. The molecule has 5 nitrogen and oxygen atoms in total. The van der Waals surface area contributed by atoms with Crippen LogP contribution in [0.2, 0.25) is 6.04 Å². The van der Waals surface area contributed by atoms with Crippen molar-refractivity contribution in [1.29, 1.82) is 0 Å². The van der Waals surface area contributed by atoms with Gasteiger partial charge in [-0.3, -0.25) is 4.57 Å². The van der Waals surface area contributed by atoms with Gasteiger partial charge in [-0.25, -0.2) is 0 Å². The van der Waals surface area contributed by atoms with Crippen molar-refractivity contribution in [3.63, 3.8) is 0 Å². The van der Waals surface area contributed by atoms with Crippen molar-refractivity contribution in [2.75, 3.05) is 27.9 Å². The lowest BCUT2D eigenvalue weighted by Crippen LogP contribution is -2.67. The summed E-state index contributed by atoms with van der Waals surface area (Å²) in [6.07, 6.45) is 3.33. The van der Waals surface area contributed by atoms with Crippen LogP contribution in [0.25, 0.3) is 0 Å². The summed E-state index contributed by atoms with van der Waals surface area (Å²) in [6.45, 7) is 10.2. The molecule has 124 valence electrons. The Hall–Kier alpha value is 0.0169. The summed E-state index contributed by atoms with van der Waals surface area (Å²) >= 11 is 0. The predicted octanol–water partition coefficient (Wildman–Crippen LogP) is 2.51. The summed E-state index contributed by atoms with van der Waals surface area (Å²) < 4.78 is 14.4. The van der Waals surface area contributed by atoms with E-state index in [1.165, 1.54) is 6.42 Å². The number of hydrogen-bond donors (Lipinski definition) is 0. The molecule has 0 aromatic heterocycles. The van der Waals surface area contributed by atoms with E-state index >= 15 is 0 Å². The van der Waals surface area contributed by atoms with Crippen LogP contribution in [0.5, 0.6) is 0 Å². The summed E-state index contributed by atoms with van der Waals surface area (Å²) in [4.78, 5) is 5.70. The standard InChI is InChI=1S/C15H32N2O3Si/c1-14(2)11-13(12-15(3,4)17(14)18-5)16-9-8-10-21(16,19-6)20-7/h13H,8-12H2,1-7H3. The fourth-order valence-corrected chi connectivity index (χ4v) is 7.87. The first kappa shape index (κ1) is 17.4. The molecule has 2 heterocycles. The Morgan fingerprint density at radius 1 is 0.952 bits per heavy atom. The average Bonchev–Trinajstić information content (AvgIpc) is 2.80. The fourth-order valence-electron chi connectivity index (χ4n) is 4.69. The van der Waals surface area contributed by atoms with Crippen LogP contribution in [0.1, 0.15) is 47.0 Å². The Kier molecular flexibility index (Phi) is 4.88. The maximum atomic E-state index is 5.90. The highest BCUT2D eigenvalue weighted by atomic mass is 28.4. The molecule has 6 heteroatoms. The summed E-state index contributed by atoms with van der Waals surface area (Å²) in [6, 6.07) is 1.57. The van der Waals surface area contributed by atoms with E-state index in [0.717, 1.165) is 25.4 Å². The first-order chi connectivity index (χ1) is 9.72. The van der Waals surface area contributed by atoms with Crippen LogP contribution in [0, 0.1) is 0 Å². The summed E-state index contributed by atoms with van der Waals surface area (Å²) in [5.74, 6) is 0. The molecule has 0 aliphatic carbocycles. The van der Waals surface area contributed by atoms with Crippen molar-refractivity contribution in [2.24, 2.45) is 0 Å². The average molecular weight is 317 g/mol. The Bertz CT molecular complexity index is 354. The van der Waals surface area contributed by atoms with E-state index in [4.69, 9.17) is 13.7 Å². The van der Waals surface area contributed by atoms with E-state index in [1.807, 2.05) is 14.2 Å². The van der Waals surface area contributed by atoms with Gasteiger partial charge in [-0.2, -0.15) is 5.06 Å². The second-order valence-electron chi connectivity index (χ2n) is 7.58. The Balaban J connectivity index is 2.26. The van der Waals surface area contributed by atoms with Crippen molar-refractivity contribution < 1.29 is 13.7 Å². The highest BCUT2D eigenvalue weighted by Crippen LogP contribution is 2.43. The number of nitrogens with zero attached hydrogens (tertiary/aromatic N) is 2. The van der Waals surface area contributed by atoms with Crippen LogP contribution in [0.4, 0.5) is 0 Å². The summed E-state index contributed by atoms with van der Waals surface area (Å²) in [7, 11) is 3.23. The number of hydroxylamine groups is 2. The van der Waals surface area contributed by atoms with Crippen LogP contribution < -0.4 is 0 Å². The molecule has 2 aliphatic rings. The van der Waals surface area contributed by atoms with E-state index in [9.17, 15) is 0 Å². The monoisotopic (exact) mass is 316 g/mol. The number of hydrogen-bond acceptors (Lipinski definition) is 5. The van der Waals surface area contributed by atoms with Crippen LogP contribution in [0.3, 0.4) is 0 Å². The molecule has 2 aliphatic heterocycles. The molecule has 0 aromatic rings. The number of rotatable bonds is 4. The van der Waals surface area contributed by atoms with Gasteiger partial charge in [-0.05, 0) is 53.5 Å². The van der Waals surface area contributed by atoms with Gasteiger partial charge in [0.15, 0.2) is 0 Å². The van der Waals surface area contributed by atoms with E-state index in [1.54, 1.807) is 7.11 Å². The lowest BCUT2D eigenvalue weighted by atomic mass is 9.79. The lowest BCUT2D eigenvalue weighted by molar-refractivity contribution is -0.271. The minimum atomic E-state index is -2.18. The molecule has 0 saturated carbocycles. The minimum absolute atomic E-state index is 0.00534. The highest BCUT2D eigenvalue weighted by Gasteiger charge is 2.55. The van der Waals surface area contributed by atoms with Crippen LogP contribution in [0.15, 0.2) is 0 Å². The molecule has 0 amide bonds. The van der Waals surface area contributed by atoms with E-state index in [-0.39, 0.29) is 11.1 Å². The molecule has 0 N–H and O–H groups in total. The van der Waals surface area contributed by atoms with Crippen molar-refractivity contribution in [3.8, 4) is 0 Å². The van der Waals surface area contributed by atoms with Crippen molar-refractivity contribution >= 4 is 8.72 Å². The van der Waals surface area contributed by atoms with Crippen LogP contribution in [-0.2, 0) is 13.7 Å². The zero-order valence-electron chi connectivity index (χ0n) is 14.7. The van der Waals surface area contributed by atoms with Gasteiger partial charge >= 0.3 is 8.72 Å². The molecule has 2 saturated heterocycles. The molecule has 2 fully saturated rings. The third-order valence-electron chi connectivity index (χ3n) is 5.16. The molecule has 0 radical (unpaired) electrons. The molecule has 2 rings (SSSR count). The van der Waals surface area contributed by atoms with Crippen molar-refractivity contribution in [3.05, 3.63) is 0 Å². The van der Waals surface area contributed by atoms with Crippen molar-refractivity contribution in [2.45, 2.75) is 70.1 Å². The largest absolute Gasteiger partial charge is 0.427 e. The Morgan fingerprint density at radius 2 is 1.48 bits per heavy atom. The van der Waals surface area contributed by atoms with E-state index in [2.05, 4.69) is 37.3 Å². The minimum Gasteiger partial charge on any atom is -0.386 e. The first-order valence-corrected chi connectivity index (χ1v) is 9.91. The summed E-state index contributed by atoms with van der Waals surface area (Å²) in [5.41, 5.74) is 0.0107. The Labute approximate surface area is 130 Å². The molecule has 21 heavy (non-hydrogen) atoms. The Morgan fingerprint density at radius 3 is 1.90 bits per heavy atom. The van der Waals surface area contributed by atoms with Gasteiger partial charge in [-0.15, -0.1) is 0 Å². The van der Waals surface area contributed by atoms with Gasteiger partial charge in [0.25, 0.3) is 0 Å². The smallest absolute Gasteiger partial charge is 0.386 e. The van der Waals surface area contributed by atoms with Gasteiger partial charge in [0.05, 0.1) is 7.11 Å². The lowest BCUT2D eigenvalue weighted by Gasteiger charge is -2.56. The fraction of sp³-hybridized carbons (Fsp3) is 1.00. The molecule has 0 aromatic carbocycles. The predicted molar refractivity (Wildman–Crippen MR) is 85.9 cm³/mol. The molecular formula is C15H32N2O3Si. The highest BCUT2D eigenvalue weighted by molar-refractivity contribution is 6.65.